The molecule has 2 N–H and O–H groups in total. The molecule has 0 amide bonds. The molecule has 1 aromatic rings. The van der Waals surface area contributed by atoms with Crippen LogP contribution in [0.25, 0.3) is 0 Å². The first-order valence-electron chi connectivity index (χ1n) is 6.26. The van der Waals surface area contributed by atoms with Gasteiger partial charge >= 0.3 is 5.97 Å². The highest BCUT2D eigenvalue weighted by atomic mass is 16.4. The largest absolute Gasteiger partial charge is 0.481 e. The van der Waals surface area contributed by atoms with Crippen molar-refractivity contribution >= 4 is 5.97 Å². The maximum Gasteiger partial charge on any atom is 0.311 e. The summed E-state index contributed by atoms with van der Waals surface area (Å²) >= 11 is 0. The van der Waals surface area contributed by atoms with Crippen molar-refractivity contribution in [2.24, 2.45) is 0 Å². The van der Waals surface area contributed by atoms with Gasteiger partial charge in [0.25, 0.3) is 0 Å². The standard InChI is InChI=1S/C14H17NO2/c16-13(17)11-9-14(5-7-15-8-6-14)12-4-2-1-3-10(11)12/h1-4,11,15H,5-9H2,(H,16,17)/t11-/m0/s1. The van der Waals surface area contributed by atoms with Crippen LogP contribution in [0.15, 0.2) is 24.3 Å². The Morgan fingerprint density at radius 3 is 2.71 bits per heavy atom. The van der Waals surface area contributed by atoms with Gasteiger partial charge in [0.15, 0.2) is 0 Å². The highest BCUT2D eigenvalue weighted by molar-refractivity contribution is 5.78. The molecule has 1 heterocycles. The Hall–Kier alpha value is -1.35. The van der Waals surface area contributed by atoms with Crippen LogP contribution in [0.4, 0.5) is 0 Å². The number of hydrogen-bond donors (Lipinski definition) is 2. The Morgan fingerprint density at radius 1 is 1.29 bits per heavy atom. The van der Waals surface area contributed by atoms with Crippen molar-refractivity contribution in [3.05, 3.63) is 35.4 Å². The lowest BCUT2D eigenvalue weighted by molar-refractivity contribution is -0.139. The van der Waals surface area contributed by atoms with Gasteiger partial charge in [0.2, 0.25) is 0 Å². The highest BCUT2D eigenvalue weighted by Gasteiger charge is 2.46. The lowest BCUT2D eigenvalue weighted by Crippen LogP contribution is -2.38. The minimum absolute atomic E-state index is 0.116. The summed E-state index contributed by atoms with van der Waals surface area (Å²) in [5.41, 5.74) is 2.45. The number of rotatable bonds is 1. The lowest BCUT2D eigenvalue weighted by Gasteiger charge is -2.35. The highest BCUT2D eigenvalue weighted by Crippen LogP contribution is 2.50. The number of carbonyl (C=O) groups is 1. The van der Waals surface area contributed by atoms with E-state index in [1.165, 1.54) is 5.56 Å². The second kappa shape index (κ2) is 3.84. The van der Waals surface area contributed by atoms with Gasteiger partial charge in [-0.25, -0.2) is 0 Å². The fourth-order valence-corrected chi connectivity index (χ4v) is 3.49. The minimum atomic E-state index is -0.673. The van der Waals surface area contributed by atoms with Crippen molar-refractivity contribution < 1.29 is 9.90 Å². The minimum Gasteiger partial charge on any atom is -0.481 e. The summed E-state index contributed by atoms with van der Waals surface area (Å²) in [6.07, 6.45) is 2.91. The van der Waals surface area contributed by atoms with Gasteiger partial charge < -0.3 is 10.4 Å². The van der Waals surface area contributed by atoms with Gasteiger partial charge in [-0.2, -0.15) is 0 Å². The molecule has 0 radical (unpaired) electrons. The molecule has 3 nitrogen and oxygen atoms in total. The third kappa shape index (κ3) is 1.57. The molecule has 3 rings (SSSR count). The molecule has 17 heavy (non-hydrogen) atoms. The smallest absolute Gasteiger partial charge is 0.311 e. The van der Waals surface area contributed by atoms with E-state index in [1.807, 2.05) is 18.2 Å². The van der Waals surface area contributed by atoms with Crippen molar-refractivity contribution in [3.63, 3.8) is 0 Å². The summed E-state index contributed by atoms with van der Waals surface area (Å²) in [4.78, 5) is 11.4. The van der Waals surface area contributed by atoms with Crippen LogP contribution in [0, 0.1) is 0 Å². The lowest BCUT2D eigenvalue weighted by atomic mass is 9.74. The number of nitrogens with one attached hydrogen (secondary N) is 1. The summed E-state index contributed by atoms with van der Waals surface area (Å²) in [5, 5.41) is 12.7. The average Bonchev–Trinajstić information content (AvgIpc) is 2.66. The number of benzene rings is 1. The molecule has 1 saturated heterocycles. The van der Waals surface area contributed by atoms with Crippen LogP contribution in [-0.2, 0) is 10.2 Å². The molecule has 0 bridgehead atoms. The molecular formula is C14H17NO2. The Morgan fingerprint density at radius 2 is 2.00 bits per heavy atom. The topological polar surface area (TPSA) is 49.3 Å². The first kappa shape index (κ1) is 10.8. The molecule has 0 saturated carbocycles. The molecule has 2 aliphatic rings. The molecule has 3 heteroatoms. The van der Waals surface area contributed by atoms with E-state index in [1.54, 1.807) is 0 Å². The van der Waals surface area contributed by atoms with E-state index >= 15 is 0 Å². The second-order valence-electron chi connectivity index (χ2n) is 5.21. The predicted octanol–water partition coefficient (Wildman–Crippen LogP) is 1.88. The first-order valence-corrected chi connectivity index (χ1v) is 6.26. The fourth-order valence-electron chi connectivity index (χ4n) is 3.49. The summed E-state index contributed by atoms with van der Waals surface area (Å²) in [6.45, 7) is 2.00. The van der Waals surface area contributed by atoms with Crippen molar-refractivity contribution in [2.45, 2.75) is 30.6 Å². The molecule has 1 aliphatic heterocycles. The SMILES string of the molecule is O=C(O)[C@H]1CC2(CCNCC2)c2ccccc21. The van der Waals surface area contributed by atoms with Gasteiger partial charge in [0, 0.05) is 0 Å². The molecule has 1 aliphatic carbocycles. The monoisotopic (exact) mass is 231 g/mol. The number of carboxylic acids is 1. The van der Waals surface area contributed by atoms with Gasteiger partial charge in [-0.3, -0.25) is 4.79 Å². The van der Waals surface area contributed by atoms with Crippen molar-refractivity contribution in [1.82, 2.24) is 5.32 Å². The Kier molecular flexibility index (Phi) is 2.44. The molecule has 0 unspecified atom stereocenters. The normalized spacial score (nSPS) is 25.8. The fraction of sp³-hybridized carbons (Fsp3) is 0.500. The maximum absolute atomic E-state index is 11.4. The van der Waals surface area contributed by atoms with Crippen molar-refractivity contribution in [3.8, 4) is 0 Å². The summed E-state index contributed by atoms with van der Waals surface area (Å²) in [7, 11) is 0. The van der Waals surface area contributed by atoms with Gasteiger partial charge in [-0.05, 0) is 48.9 Å². The van der Waals surface area contributed by atoms with Gasteiger partial charge in [-0.1, -0.05) is 24.3 Å². The van der Waals surface area contributed by atoms with E-state index in [0.29, 0.717) is 0 Å². The van der Waals surface area contributed by atoms with E-state index in [9.17, 15) is 9.90 Å². The number of piperidine rings is 1. The third-order valence-corrected chi connectivity index (χ3v) is 4.36. The molecule has 1 spiro atoms. The number of carboxylic acid groups (broad SMARTS) is 1. The summed E-state index contributed by atoms with van der Waals surface area (Å²) in [5.74, 6) is -0.975. The van der Waals surface area contributed by atoms with E-state index < -0.39 is 5.97 Å². The summed E-state index contributed by atoms with van der Waals surface area (Å²) < 4.78 is 0. The van der Waals surface area contributed by atoms with Gasteiger partial charge in [0.05, 0.1) is 5.92 Å². The Balaban J connectivity index is 2.07. The maximum atomic E-state index is 11.4. The van der Waals surface area contributed by atoms with Crippen LogP contribution >= 0.6 is 0 Å². The van der Waals surface area contributed by atoms with E-state index in [2.05, 4.69) is 11.4 Å². The molecule has 1 aromatic carbocycles. The quantitative estimate of drug-likeness (QED) is 0.776. The van der Waals surface area contributed by atoms with Crippen LogP contribution in [0.5, 0.6) is 0 Å². The Bertz CT molecular complexity index is 449. The third-order valence-electron chi connectivity index (χ3n) is 4.36. The van der Waals surface area contributed by atoms with Crippen LogP contribution in [-0.4, -0.2) is 24.2 Å². The van der Waals surface area contributed by atoms with Gasteiger partial charge in [-0.15, -0.1) is 0 Å². The molecule has 1 atom stereocenters. The van der Waals surface area contributed by atoms with Crippen LogP contribution in [0.3, 0.4) is 0 Å². The van der Waals surface area contributed by atoms with Gasteiger partial charge in [0.1, 0.15) is 0 Å². The van der Waals surface area contributed by atoms with E-state index in [4.69, 9.17) is 0 Å². The number of aliphatic carboxylic acids is 1. The van der Waals surface area contributed by atoms with E-state index in [-0.39, 0.29) is 11.3 Å². The number of hydrogen-bond acceptors (Lipinski definition) is 2. The second-order valence-corrected chi connectivity index (χ2v) is 5.21. The van der Waals surface area contributed by atoms with Crippen LogP contribution in [0.2, 0.25) is 0 Å². The van der Waals surface area contributed by atoms with Crippen molar-refractivity contribution in [2.75, 3.05) is 13.1 Å². The predicted molar refractivity (Wildman–Crippen MR) is 65.2 cm³/mol. The molecular weight excluding hydrogens is 214 g/mol. The zero-order valence-corrected chi connectivity index (χ0v) is 9.78. The molecule has 0 aromatic heterocycles. The zero-order valence-electron chi connectivity index (χ0n) is 9.78. The first-order chi connectivity index (χ1) is 8.23. The summed E-state index contributed by atoms with van der Waals surface area (Å²) in [6, 6.07) is 8.11. The Labute approximate surface area is 101 Å². The van der Waals surface area contributed by atoms with E-state index in [0.717, 1.165) is 37.9 Å². The molecule has 1 fully saturated rings. The number of fused-ring (bicyclic) bond motifs is 2. The van der Waals surface area contributed by atoms with Crippen LogP contribution < -0.4 is 5.32 Å². The zero-order chi connectivity index (χ0) is 11.9. The van der Waals surface area contributed by atoms with Crippen LogP contribution in [0.1, 0.15) is 36.3 Å². The van der Waals surface area contributed by atoms with Crippen molar-refractivity contribution in [1.29, 1.82) is 0 Å². The molecule has 90 valence electrons. The average molecular weight is 231 g/mol.